The fourth-order valence-electron chi connectivity index (χ4n) is 2.85. The number of amides is 4. The Hall–Kier alpha value is -2.52. The van der Waals surface area contributed by atoms with Gasteiger partial charge in [-0.15, -0.1) is 0 Å². The minimum absolute atomic E-state index is 0.145. The predicted octanol–water partition coefficient (Wildman–Crippen LogP) is 4.48. The van der Waals surface area contributed by atoms with E-state index >= 15 is 0 Å². The van der Waals surface area contributed by atoms with Crippen molar-refractivity contribution in [2.24, 2.45) is 0 Å². The van der Waals surface area contributed by atoms with E-state index in [0.717, 1.165) is 22.0 Å². The summed E-state index contributed by atoms with van der Waals surface area (Å²) < 4.78 is 0. The van der Waals surface area contributed by atoms with Crippen LogP contribution < -0.4 is 9.80 Å². The van der Waals surface area contributed by atoms with E-state index in [2.05, 4.69) is 0 Å². The molecule has 6 nitrogen and oxygen atoms in total. The van der Waals surface area contributed by atoms with Crippen molar-refractivity contribution in [2.45, 2.75) is 9.79 Å². The molecule has 0 radical (unpaired) electrons. The summed E-state index contributed by atoms with van der Waals surface area (Å²) in [5.41, 5.74) is 0.792. The highest BCUT2D eigenvalue weighted by Crippen LogP contribution is 2.46. The summed E-state index contributed by atoms with van der Waals surface area (Å²) in [6.45, 7) is 0. The van der Waals surface area contributed by atoms with Gasteiger partial charge in [-0.2, -0.15) is 0 Å². The maximum atomic E-state index is 12.3. The maximum Gasteiger partial charge on any atom is 0.277 e. The number of anilines is 2. The van der Waals surface area contributed by atoms with Gasteiger partial charge in [0.25, 0.3) is 23.6 Å². The van der Waals surface area contributed by atoms with E-state index in [1.165, 1.54) is 21.6 Å². The van der Waals surface area contributed by atoms with E-state index in [1.807, 2.05) is 0 Å². The molecule has 0 N–H and O–H groups in total. The Morgan fingerprint density at radius 3 is 1.30 bits per heavy atom. The highest BCUT2D eigenvalue weighted by Gasteiger charge is 2.34. The number of nitrogens with zero attached hydrogens (tertiary/aromatic N) is 2. The molecule has 0 unspecified atom stereocenters. The third-order valence-corrected chi connectivity index (χ3v) is 7.19. The number of carbonyl (C=O) groups excluding carboxylic acids is 4. The molecule has 2 aliphatic rings. The minimum Gasteiger partial charge on any atom is -0.269 e. The number of imide groups is 2. The summed E-state index contributed by atoms with van der Waals surface area (Å²) in [6, 6.07) is 13.8. The number of halogens is 2. The monoisotopic (exact) mass is 476 g/mol. The zero-order valence-corrected chi connectivity index (χ0v) is 18.0. The number of rotatable bonds is 5. The molecule has 2 aromatic rings. The normalized spacial score (nSPS) is 16.5. The fourth-order valence-corrected chi connectivity index (χ4v) is 5.53. The Morgan fingerprint density at radius 2 is 0.967 bits per heavy atom. The smallest absolute Gasteiger partial charge is 0.269 e. The van der Waals surface area contributed by atoms with E-state index < -0.39 is 23.6 Å². The van der Waals surface area contributed by atoms with Crippen LogP contribution in [0.3, 0.4) is 0 Å². The van der Waals surface area contributed by atoms with Gasteiger partial charge in [-0.1, -0.05) is 69.1 Å². The second kappa shape index (κ2) is 8.31. The van der Waals surface area contributed by atoms with Crippen LogP contribution in [0.2, 0.25) is 0 Å². The van der Waals surface area contributed by atoms with Crippen molar-refractivity contribution < 1.29 is 19.2 Å². The second-order valence-corrected chi connectivity index (χ2v) is 9.07. The number of hydrogen-bond donors (Lipinski definition) is 0. The lowest BCUT2D eigenvalue weighted by Gasteiger charge is -2.19. The minimum atomic E-state index is -0.589. The van der Waals surface area contributed by atoms with Crippen molar-refractivity contribution in [3.63, 3.8) is 0 Å². The standard InChI is InChI=1S/C20H10Cl2N2O4S2/c21-11-9-17(25)23(19(11)27)13-5-1-3-7-15(13)29-30-16-8-4-2-6-14(16)24-18(26)10-12(22)20(24)28/h1-10H. The summed E-state index contributed by atoms with van der Waals surface area (Å²) in [4.78, 5) is 52.2. The van der Waals surface area contributed by atoms with Gasteiger partial charge < -0.3 is 0 Å². The van der Waals surface area contributed by atoms with Crippen molar-refractivity contribution in [1.82, 2.24) is 0 Å². The first-order valence-corrected chi connectivity index (χ1v) is 11.3. The molecule has 4 rings (SSSR count). The Bertz CT molecular complexity index is 1090. The van der Waals surface area contributed by atoms with Crippen molar-refractivity contribution in [3.05, 3.63) is 70.7 Å². The van der Waals surface area contributed by atoms with Gasteiger partial charge in [0.05, 0.1) is 11.4 Å². The molecule has 0 aromatic heterocycles. The van der Waals surface area contributed by atoms with Crippen LogP contribution in [0.4, 0.5) is 11.4 Å². The quantitative estimate of drug-likeness (QED) is 0.467. The Labute approximate surface area is 188 Å². The molecule has 0 aliphatic carbocycles. The lowest BCUT2D eigenvalue weighted by Crippen LogP contribution is -2.30. The van der Waals surface area contributed by atoms with Crippen molar-refractivity contribution in [3.8, 4) is 0 Å². The summed E-state index contributed by atoms with van der Waals surface area (Å²) in [5, 5.41) is -0.290. The number of hydrogen-bond acceptors (Lipinski definition) is 6. The molecule has 0 saturated carbocycles. The number of carbonyl (C=O) groups is 4. The number of para-hydroxylation sites is 2. The van der Waals surface area contributed by atoms with Crippen LogP contribution in [-0.2, 0) is 19.2 Å². The molecule has 0 fully saturated rings. The largest absolute Gasteiger partial charge is 0.277 e. The first-order valence-electron chi connectivity index (χ1n) is 8.42. The van der Waals surface area contributed by atoms with Crippen LogP contribution in [-0.4, -0.2) is 23.6 Å². The van der Waals surface area contributed by atoms with Gasteiger partial charge in [0.2, 0.25) is 0 Å². The molecule has 0 atom stereocenters. The van der Waals surface area contributed by atoms with Gasteiger partial charge >= 0.3 is 0 Å². The molecule has 2 aliphatic heterocycles. The van der Waals surface area contributed by atoms with E-state index in [0.29, 0.717) is 21.2 Å². The summed E-state index contributed by atoms with van der Waals surface area (Å²) >= 11 is 11.6. The molecular formula is C20H10Cl2N2O4S2. The van der Waals surface area contributed by atoms with Gasteiger partial charge in [-0.05, 0) is 24.3 Å². The average Bonchev–Trinajstić information content (AvgIpc) is 3.13. The van der Waals surface area contributed by atoms with Gasteiger partial charge in [0, 0.05) is 21.9 Å². The van der Waals surface area contributed by atoms with Gasteiger partial charge in [-0.3, -0.25) is 19.2 Å². The third kappa shape index (κ3) is 3.67. The topological polar surface area (TPSA) is 74.8 Å². The molecule has 4 amide bonds. The molecule has 0 saturated heterocycles. The van der Waals surface area contributed by atoms with E-state index in [4.69, 9.17) is 23.2 Å². The first-order chi connectivity index (χ1) is 14.4. The number of benzene rings is 2. The Morgan fingerprint density at radius 1 is 0.600 bits per heavy atom. The third-order valence-electron chi connectivity index (χ3n) is 4.19. The van der Waals surface area contributed by atoms with Crippen LogP contribution in [0, 0.1) is 0 Å². The molecule has 2 heterocycles. The molecule has 10 heteroatoms. The highest BCUT2D eigenvalue weighted by molar-refractivity contribution is 8.76. The zero-order valence-electron chi connectivity index (χ0n) is 14.9. The summed E-state index contributed by atoms with van der Waals surface area (Å²) in [5.74, 6) is -2.21. The van der Waals surface area contributed by atoms with Crippen LogP contribution in [0.25, 0.3) is 0 Å². The van der Waals surface area contributed by atoms with Crippen molar-refractivity contribution in [1.29, 1.82) is 0 Å². The van der Waals surface area contributed by atoms with Gasteiger partial charge in [0.1, 0.15) is 10.1 Å². The van der Waals surface area contributed by atoms with Crippen LogP contribution in [0.5, 0.6) is 0 Å². The van der Waals surface area contributed by atoms with E-state index in [9.17, 15) is 19.2 Å². The van der Waals surface area contributed by atoms with Crippen LogP contribution >= 0.6 is 44.8 Å². The van der Waals surface area contributed by atoms with Gasteiger partial charge in [0.15, 0.2) is 0 Å². The Balaban J connectivity index is 1.61. The lowest BCUT2D eigenvalue weighted by atomic mass is 10.3. The van der Waals surface area contributed by atoms with Crippen molar-refractivity contribution >= 4 is 79.8 Å². The molecule has 30 heavy (non-hydrogen) atoms. The molecule has 2 aromatic carbocycles. The van der Waals surface area contributed by atoms with Crippen LogP contribution in [0.1, 0.15) is 0 Å². The molecule has 150 valence electrons. The maximum absolute atomic E-state index is 12.3. The molecule has 0 spiro atoms. The van der Waals surface area contributed by atoms with Crippen molar-refractivity contribution in [2.75, 3.05) is 9.80 Å². The Kier molecular flexibility index (Phi) is 5.75. The van der Waals surface area contributed by atoms with E-state index in [1.54, 1.807) is 48.5 Å². The van der Waals surface area contributed by atoms with Crippen LogP contribution in [0.15, 0.2) is 80.5 Å². The summed E-state index contributed by atoms with van der Waals surface area (Å²) in [6.07, 6.45) is 2.16. The lowest BCUT2D eigenvalue weighted by molar-refractivity contribution is -0.121. The average molecular weight is 477 g/mol. The summed E-state index contributed by atoms with van der Waals surface area (Å²) in [7, 11) is 2.55. The molecule has 0 bridgehead atoms. The fraction of sp³-hybridized carbons (Fsp3) is 0. The van der Waals surface area contributed by atoms with Gasteiger partial charge in [-0.25, -0.2) is 9.80 Å². The van der Waals surface area contributed by atoms with E-state index in [-0.39, 0.29) is 10.1 Å². The zero-order chi connectivity index (χ0) is 21.4. The predicted molar refractivity (Wildman–Crippen MR) is 117 cm³/mol. The SMILES string of the molecule is O=C1C=C(Cl)C(=O)N1c1ccccc1SSc1ccccc1N1C(=O)C=C(Cl)C1=O. The molecular weight excluding hydrogens is 467 g/mol. The first kappa shape index (κ1) is 20.7. The highest BCUT2D eigenvalue weighted by atomic mass is 35.5. The second-order valence-electron chi connectivity index (χ2n) is 6.04.